The van der Waals surface area contributed by atoms with Gasteiger partial charge in [0.1, 0.15) is 0 Å². The van der Waals surface area contributed by atoms with E-state index in [-0.39, 0.29) is 10.8 Å². The molecule has 2 atom stereocenters. The predicted molar refractivity (Wildman–Crippen MR) is 117 cm³/mol. The van der Waals surface area contributed by atoms with Crippen molar-refractivity contribution in [1.29, 1.82) is 0 Å². The zero-order valence-electron chi connectivity index (χ0n) is 18.0. The Balaban J connectivity index is 0.000000303. The maximum atomic E-state index is 11.1. The Morgan fingerprint density at radius 2 is 1.90 bits per heavy atom. The Morgan fingerprint density at radius 3 is 2.27 bits per heavy atom. The van der Waals surface area contributed by atoms with Gasteiger partial charge in [-0.3, -0.25) is 14.9 Å². The van der Waals surface area contributed by atoms with Crippen molar-refractivity contribution in [3.63, 3.8) is 0 Å². The molecular weight excluding hydrogens is 410 g/mol. The number of nitrogens with one attached hydrogen (secondary N) is 1. The van der Waals surface area contributed by atoms with Crippen molar-refractivity contribution < 1.29 is 24.7 Å². The number of nitrogens with two attached hydrogens (primary N) is 1. The number of nitro groups is 1. The Morgan fingerprint density at radius 1 is 1.37 bits per heavy atom. The van der Waals surface area contributed by atoms with E-state index in [9.17, 15) is 20.0 Å². The summed E-state index contributed by atoms with van der Waals surface area (Å²) in [5.74, 6) is -1.34. The number of aliphatic carboxylic acids is 1. The van der Waals surface area contributed by atoms with Crippen molar-refractivity contribution in [1.82, 2.24) is 5.32 Å². The number of nitro benzene ring substituents is 1. The summed E-state index contributed by atoms with van der Waals surface area (Å²) >= 11 is 4.62. The van der Waals surface area contributed by atoms with Crippen LogP contribution in [0.4, 0.5) is 5.69 Å². The lowest BCUT2D eigenvalue weighted by Gasteiger charge is -2.51. The molecule has 1 aliphatic rings. The molecule has 168 valence electrons. The molecule has 1 heterocycles. The summed E-state index contributed by atoms with van der Waals surface area (Å²) in [4.78, 5) is 21.0. The van der Waals surface area contributed by atoms with Gasteiger partial charge in [-0.15, -0.1) is 0 Å². The van der Waals surface area contributed by atoms with Crippen LogP contribution in [0.3, 0.4) is 0 Å². The highest BCUT2D eigenvalue weighted by Crippen LogP contribution is 2.44. The van der Waals surface area contributed by atoms with Crippen LogP contribution in [0.25, 0.3) is 0 Å². The Labute approximate surface area is 181 Å². The van der Waals surface area contributed by atoms with Crippen LogP contribution in [0, 0.1) is 16.0 Å². The second-order valence-electron chi connectivity index (χ2n) is 8.57. The lowest BCUT2D eigenvalue weighted by molar-refractivity contribution is -0.384. The van der Waals surface area contributed by atoms with Gasteiger partial charge in [-0.05, 0) is 65.2 Å². The third-order valence-corrected chi connectivity index (χ3v) is 5.59. The number of hydrogen-bond donors (Lipinski definition) is 4. The highest BCUT2D eigenvalue weighted by molar-refractivity contribution is 7.80. The summed E-state index contributed by atoms with van der Waals surface area (Å²) in [5.41, 5.74) is 3.77. The number of benzene rings is 1. The first-order valence-corrected chi connectivity index (χ1v) is 9.92. The van der Waals surface area contributed by atoms with E-state index >= 15 is 0 Å². The highest BCUT2D eigenvalue weighted by atomic mass is 32.1. The third-order valence-electron chi connectivity index (χ3n) is 5.44. The first kappa shape index (κ1) is 25.7. The summed E-state index contributed by atoms with van der Waals surface area (Å²) < 4.78 is 5.87. The van der Waals surface area contributed by atoms with Crippen LogP contribution in [0.5, 0.6) is 0 Å². The van der Waals surface area contributed by atoms with Crippen LogP contribution < -0.4 is 11.1 Å². The van der Waals surface area contributed by atoms with Crippen LogP contribution >= 0.6 is 12.2 Å². The van der Waals surface area contributed by atoms with E-state index in [0.29, 0.717) is 19.4 Å². The van der Waals surface area contributed by atoms with Gasteiger partial charge >= 0.3 is 5.97 Å². The van der Waals surface area contributed by atoms with E-state index in [1.807, 2.05) is 6.92 Å². The number of carboxylic acids is 1. The molecule has 0 aromatic heterocycles. The SMILES string of the molecule is CC1(C)OC(C)(C(C)(C)O)CCC1C(=O)O.NC(=S)NCc1ccc([N+](=O)[O-])cc1. The van der Waals surface area contributed by atoms with Crippen molar-refractivity contribution in [2.45, 2.75) is 70.8 Å². The molecule has 0 amide bonds. The third kappa shape index (κ3) is 6.89. The van der Waals surface area contributed by atoms with Crippen LogP contribution in [0.2, 0.25) is 0 Å². The largest absolute Gasteiger partial charge is 0.481 e. The molecule has 1 fully saturated rings. The highest BCUT2D eigenvalue weighted by Gasteiger charge is 2.52. The van der Waals surface area contributed by atoms with Crippen molar-refractivity contribution in [3.8, 4) is 0 Å². The summed E-state index contributed by atoms with van der Waals surface area (Å²) in [7, 11) is 0. The number of aliphatic hydroxyl groups is 1. The number of ether oxygens (including phenoxy) is 1. The number of hydrogen-bond acceptors (Lipinski definition) is 6. The van der Waals surface area contributed by atoms with E-state index in [1.54, 1.807) is 39.8 Å². The van der Waals surface area contributed by atoms with Crippen molar-refractivity contribution >= 4 is 29.0 Å². The molecule has 10 heteroatoms. The fraction of sp³-hybridized carbons (Fsp3) is 0.600. The zero-order chi connectivity index (χ0) is 23.3. The number of thiocarbonyl (C=S) groups is 1. The number of non-ortho nitro benzene ring substituents is 1. The fourth-order valence-corrected chi connectivity index (χ4v) is 3.32. The molecular formula is C20H31N3O6S. The lowest BCUT2D eigenvalue weighted by Crippen LogP contribution is -2.60. The lowest BCUT2D eigenvalue weighted by atomic mass is 9.73. The van der Waals surface area contributed by atoms with Crippen LogP contribution in [-0.2, 0) is 16.1 Å². The molecule has 0 saturated carbocycles. The predicted octanol–water partition coefficient (Wildman–Crippen LogP) is 2.73. The molecule has 1 aliphatic heterocycles. The van der Waals surface area contributed by atoms with Gasteiger partial charge in [0.2, 0.25) is 0 Å². The molecule has 1 aromatic rings. The summed E-state index contributed by atoms with van der Waals surface area (Å²) in [5, 5.41) is 32.5. The van der Waals surface area contributed by atoms with Gasteiger partial charge in [0, 0.05) is 18.7 Å². The molecule has 1 aromatic carbocycles. The average Bonchev–Trinajstić information content (AvgIpc) is 2.58. The van der Waals surface area contributed by atoms with Gasteiger partial charge in [-0.1, -0.05) is 12.1 Å². The topological polar surface area (TPSA) is 148 Å². The second kappa shape index (κ2) is 9.67. The minimum atomic E-state index is -0.978. The Bertz CT molecular complexity index is 776. The van der Waals surface area contributed by atoms with Gasteiger partial charge in [0.25, 0.3) is 5.69 Å². The van der Waals surface area contributed by atoms with E-state index in [2.05, 4.69) is 17.5 Å². The molecule has 0 aliphatic carbocycles. The Kier molecular flexibility index (Phi) is 8.30. The molecule has 0 spiro atoms. The molecule has 5 N–H and O–H groups in total. The molecule has 9 nitrogen and oxygen atoms in total. The van der Waals surface area contributed by atoms with Gasteiger partial charge in [0.15, 0.2) is 5.11 Å². The normalized spacial score (nSPS) is 22.9. The number of nitrogens with zero attached hydrogens (tertiary/aromatic N) is 1. The standard InChI is InChI=1S/C12H22O4.C8H9N3O2S/c1-10(2)8(9(13)14)6-7-12(5,16-10)11(3,4)15;9-8(14)10-5-6-1-3-7(4-2-6)11(12)13/h8,15H,6-7H2,1-5H3,(H,13,14);1-4H,5H2,(H3,9,10,14). The molecule has 0 radical (unpaired) electrons. The van der Waals surface area contributed by atoms with Gasteiger partial charge in [0.05, 0.1) is 27.6 Å². The van der Waals surface area contributed by atoms with E-state index in [0.717, 1.165) is 5.56 Å². The quantitative estimate of drug-likeness (QED) is 0.307. The maximum Gasteiger partial charge on any atom is 0.309 e. The molecule has 2 unspecified atom stereocenters. The Hall–Kier alpha value is -2.30. The minimum Gasteiger partial charge on any atom is -0.481 e. The van der Waals surface area contributed by atoms with Crippen molar-refractivity contribution in [2.75, 3.05) is 0 Å². The second-order valence-corrected chi connectivity index (χ2v) is 9.01. The smallest absolute Gasteiger partial charge is 0.309 e. The number of carboxylic acid groups (broad SMARTS) is 1. The molecule has 0 bridgehead atoms. The van der Waals surface area contributed by atoms with Gasteiger partial charge in [-0.2, -0.15) is 0 Å². The van der Waals surface area contributed by atoms with Crippen LogP contribution in [0.15, 0.2) is 24.3 Å². The summed E-state index contributed by atoms with van der Waals surface area (Å²) in [6.07, 6.45) is 1.08. The van der Waals surface area contributed by atoms with Gasteiger partial charge in [-0.25, -0.2) is 0 Å². The first-order valence-electron chi connectivity index (χ1n) is 9.51. The number of carbonyl (C=O) groups is 1. The zero-order valence-corrected chi connectivity index (χ0v) is 18.8. The van der Waals surface area contributed by atoms with Gasteiger partial charge < -0.3 is 26.0 Å². The van der Waals surface area contributed by atoms with Crippen LogP contribution in [0.1, 0.15) is 53.0 Å². The van der Waals surface area contributed by atoms with Crippen molar-refractivity contribution in [2.24, 2.45) is 11.7 Å². The van der Waals surface area contributed by atoms with E-state index < -0.39 is 33.6 Å². The summed E-state index contributed by atoms with van der Waals surface area (Å²) in [6, 6.07) is 6.19. The first-order chi connectivity index (χ1) is 13.6. The van der Waals surface area contributed by atoms with Crippen molar-refractivity contribution in [3.05, 3.63) is 39.9 Å². The van der Waals surface area contributed by atoms with E-state index in [4.69, 9.17) is 15.6 Å². The number of rotatable bonds is 5. The average molecular weight is 442 g/mol. The molecule has 1 saturated heterocycles. The summed E-state index contributed by atoms with van der Waals surface area (Å²) in [6.45, 7) is 9.26. The molecule has 2 rings (SSSR count). The minimum absolute atomic E-state index is 0.0732. The van der Waals surface area contributed by atoms with Crippen LogP contribution in [-0.4, -0.2) is 43.0 Å². The molecule has 30 heavy (non-hydrogen) atoms. The monoisotopic (exact) mass is 441 g/mol. The fourth-order valence-electron chi connectivity index (χ4n) is 3.25. The maximum absolute atomic E-state index is 11.1. The van der Waals surface area contributed by atoms with E-state index in [1.165, 1.54) is 12.1 Å².